The van der Waals surface area contributed by atoms with Crippen molar-refractivity contribution in [3.05, 3.63) is 53.2 Å². The lowest BCUT2D eigenvalue weighted by molar-refractivity contribution is -0.117. The van der Waals surface area contributed by atoms with Gasteiger partial charge in [0.15, 0.2) is 11.5 Å². The van der Waals surface area contributed by atoms with E-state index in [0.29, 0.717) is 28.6 Å². The normalized spacial score (nSPS) is 10.7. The van der Waals surface area contributed by atoms with Crippen LogP contribution in [0.2, 0.25) is 0 Å². The molecule has 0 saturated heterocycles. The van der Waals surface area contributed by atoms with E-state index < -0.39 is 11.8 Å². The summed E-state index contributed by atoms with van der Waals surface area (Å²) < 4.78 is 20.8. The molecular weight excluding hydrogens is 378 g/mol. The second kappa shape index (κ2) is 10.00. The van der Waals surface area contributed by atoms with Gasteiger partial charge in [0.25, 0.3) is 11.8 Å². The van der Waals surface area contributed by atoms with Crippen LogP contribution in [0.4, 0.5) is 0 Å². The number of rotatable bonds is 8. The smallest absolute Gasteiger partial charge is 0.281 e. The molecule has 2 amide bonds. The van der Waals surface area contributed by atoms with Crippen molar-refractivity contribution in [2.45, 2.75) is 0 Å². The summed E-state index contributed by atoms with van der Waals surface area (Å²) >= 11 is 0. The number of hydrogen-bond donors (Lipinski definition) is 3. The number of carbonyl (C=O) groups excluding carboxylic acids is 2. The molecular formula is C20H23N3O6. The molecule has 2 aromatic carbocycles. The maximum Gasteiger partial charge on any atom is 0.281 e. The molecule has 0 aliphatic carbocycles. The summed E-state index contributed by atoms with van der Waals surface area (Å²) in [4.78, 5) is 24.9. The van der Waals surface area contributed by atoms with Crippen molar-refractivity contribution in [1.82, 2.24) is 10.7 Å². The summed E-state index contributed by atoms with van der Waals surface area (Å²) in [5.41, 5.74) is 2.83. The van der Waals surface area contributed by atoms with Crippen LogP contribution >= 0.6 is 0 Å². The van der Waals surface area contributed by atoms with Gasteiger partial charge in [-0.1, -0.05) is 12.1 Å². The van der Waals surface area contributed by atoms with E-state index in [-0.39, 0.29) is 11.3 Å². The van der Waals surface area contributed by atoms with Crippen LogP contribution in [-0.2, 0) is 4.79 Å². The first-order valence-corrected chi connectivity index (χ1v) is 8.45. The first-order valence-electron chi connectivity index (χ1n) is 8.45. The molecule has 0 aliphatic heterocycles. The third-order valence-electron chi connectivity index (χ3n) is 3.98. The van der Waals surface area contributed by atoms with Crippen molar-refractivity contribution >= 4 is 17.9 Å². The third kappa shape index (κ3) is 5.17. The molecule has 0 radical (unpaired) electrons. The van der Waals surface area contributed by atoms with Crippen molar-refractivity contribution in [3.63, 3.8) is 0 Å². The van der Waals surface area contributed by atoms with Crippen molar-refractivity contribution in [3.8, 4) is 23.0 Å². The average molecular weight is 401 g/mol. The Bertz CT molecular complexity index is 884. The quantitative estimate of drug-likeness (QED) is 0.265. The largest absolute Gasteiger partial charge is 0.497 e. The number of benzene rings is 2. The molecule has 0 saturated carbocycles. The van der Waals surface area contributed by atoms with E-state index in [4.69, 9.17) is 24.8 Å². The molecule has 2 rings (SSSR count). The highest BCUT2D eigenvalue weighted by molar-refractivity contribution is 6.05. The van der Waals surface area contributed by atoms with Crippen LogP contribution in [0.25, 0.3) is 6.08 Å². The summed E-state index contributed by atoms with van der Waals surface area (Å²) in [6.45, 7) is 0. The lowest BCUT2D eigenvalue weighted by atomic mass is 10.1. The maximum absolute atomic E-state index is 12.8. The number of nitrogens with one attached hydrogen (secondary N) is 2. The topological polar surface area (TPSA) is 121 Å². The third-order valence-corrected chi connectivity index (χ3v) is 3.98. The van der Waals surface area contributed by atoms with Gasteiger partial charge in [0.2, 0.25) is 5.75 Å². The lowest BCUT2D eigenvalue weighted by Crippen LogP contribution is -2.38. The summed E-state index contributed by atoms with van der Waals surface area (Å²) in [5, 5.41) is 2.55. The average Bonchev–Trinajstić information content (AvgIpc) is 2.77. The molecule has 29 heavy (non-hydrogen) atoms. The monoisotopic (exact) mass is 401 g/mol. The van der Waals surface area contributed by atoms with Crippen LogP contribution in [0.5, 0.6) is 23.0 Å². The van der Waals surface area contributed by atoms with E-state index in [1.165, 1.54) is 39.5 Å². The molecule has 0 unspecified atom stereocenters. The van der Waals surface area contributed by atoms with Crippen LogP contribution in [0.3, 0.4) is 0 Å². The van der Waals surface area contributed by atoms with Gasteiger partial charge in [0, 0.05) is 5.56 Å². The molecule has 0 atom stereocenters. The standard InChI is InChI=1S/C20H23N3O6/c1-26-14-7-5-12(6-8-14)9-15(20(25)23-21)22-19(24)13-10-16(27-2)18(29-4)17(11-13)28-3/h5-11H,21H2,1-4H3,(H,22,24)(H,23,25)/b15-9+. The van der Waals surface area contributed by atoms with E-state index in [2.05, 4.69) is 5.32 Å². The van der Waals surface area contributed by atoms with E-state index in [9.17, 15) is 9.59 Å². The van der Waals surface area contributed by atoms with Gasteiger partial charge in [-0.2, -0.15) is 0 Å². The molecule has 9 nitrogen and oxygen atoms in total. The van der Waals surface area contributed by atoms with E-state index >= 15 is 0 Å². The fourth-order valence-corrected chi connectivity index (χ4v) is 2.51. The van der Waals surface area contributed by atoms with Gasteiger partial charge >= 0.3 is 0 Å². The van der Waals surface area contributed by atoms with Gasteiger partial charge in [-0.3, -0.25) is 15.0 Å². The second-order valence-corrected chi connectivity index (χ2v) is 5.67. The number of ether oxygens (including phenoxy) is 4. The van der Waals surface area contributed by atoms with Gasteiger partial charge in [-0.25, -0.2) is 5.84 Å². The van der Waals surface area contributed by atoms with Crippen molar-refractivity contribution in [1.29, 1.82) is 0 Å². The van der Waals surface area contributed by atoms with Crippen LogP contribution in [-0.4, -0.2) is 40.3 Å². The van der Waals surface area contributed by atoms with Crippen LogP contribution in [0.15, 0.2) is 42.1 Å². The number of hydrogen-bond acceptors (Lipinski definition) is 7. The molecule has 2 aromatic rings. The fraction of sp³-hybridized carbons (Fsp3) is 0.200. The minimum atomic E-state index is -0.665. The zero-order chi connectivity index (χ0) is 21.4. The second-order valence-electron chi connectivity index (χ2n) is 5.67. The lowest BCUT2D eigenvalue weighted by Gasteiger charge is -2.14. The predicted molar refractivity (Wildman–Crippen MR) is 107 cm³/mol. The number of methoxy groups -OCH3 is 4. The minimum Gasteiger partial charge on any atom is -0.497 e. The van der Waals surface area contributed by atoms with Crippen LogP contribution in [0, 0.1) is 0 Å². The van der Waals surface area contributed by atoms with Gasteiger partial charge in [-0.15, -0.1) is 0 Å². The SMILES string of the molecule is COc1ccc(/C=C(/NC(=O)c2cc(OC)c(OC)c(OC)c2)C(=O)NN)cc1. The van der Waals surface area contributed by atoms with E-state index in [1.54, 1.807) is 31.4 Å². The fourth-order valence-electron chi connectivity index (χ4n) is 2.51. The zero-order valence-electron chi connectivity index (χ0n) is 16.6. The molecule has 0 heterocycles. The Morgan fingerprint density at radius 3 is 1.93 bits per heavy atom. The summed E-state index contributed by atoms with van der Waals surface area (Å²) in [7, 11) is 5.89. The molecule has 154 valence electrons. The number of carbonyl (C=O) groups is 2. The zero-order valence-corrected chi connectivity index (χ0v) is 16.6. The highest BCUT2D eigenvalue weighted by Crippen LogP contribution is 2.38. The minimum absolute atomic E-state index is 0.0450. The Hall–Kier alpha value is -3.72. The molecule has 0 spiro atoms. The van der Waals surface area contributed by atoms with Gasteiger partial charge in [-0.05, 0) is 35.9 Å². The highest BCUT2D eigenvalue weighted by atomic mass is 16.5. The summed E-state index contributed by atoms with van der Waals surface area (Å²) in [5.74, 6) is 5.64. The molecule has 9 heteroatoms. The van der Waals surface area contributed by atoms with Crippen LogP contribution in [0.1, 0.15) is 15.9 Å². The van der Waals surface area contributed by atoms with E-state index in [1.807, 2.05) is 5.43 Å². The number of nitrogens with two attached hydrogens (primary N) is 1. The Balaban J connectivity index is 2.37. The van der Waals surface area contributed by atoms with Gasteiger partial charge in [0.1, 0.15) is 11.4 Å². The van der Waals surface area contributed by atoms with Gasteiger partial charge < -0.3 is 24.3 Å². The van der Waals surface area contributed by atoms with Crippen molar-refractivity contribution in [2.75, 3.05) is 28.4 Å². The Morgan fingerprint density at radius 1 is 0.897 bits per heavy atom. The number of hydrazine groups is 1. The predicted octanol–water partition coefficient (Wildman–Crippen LogP) is 1.48. The van der Waals surface area contributed by atoms with Crippen LogP contribution < -0.4 is 35.5 Å². The Kier molecular flexibility index (Phi) is 7.44. The first-order chi connectivity index (χ1) is 14.0. The maximum atomic E-state index is 12.8. The Morgan fingerprint density at radius 2 is 1.48 bits per heavy atom. The van der Waals surface area contributed by atoms with Crippen molar-refractivity contribution in [2.24, 2.45) is 5.84 Å². The first kappa shape index (κ1) is 21.6. The molecule has 0 aliphatic rings. The van der Waals surface area contributed by atoms with E-state index in [0.717, 1.165) is 0 Å². The molecule has 0 aromatic heterocycles. The summed E-state index contributed by atoms with van der Waals surface area (Å²) in [6, 6.07) is 9.86. The molecule has 4 N–H and O–H groups in total. The number of amides is 2. The van der Waals surface area contributed by atoms with Gasteiger partial charge in [0.05, 0.1) is 28.4 Å². The molecule has 0 fully saturated rings. The highest BCUT2D eigenvalue weighted by Gasteiger charge is 2.19. The van der Waals surface area contributed by atoms with Crippen molar-refractivity contribution < 1.29 is 28.5 Å². The summed E-state index contributed by atoms with van der Waals surface area (Å²) in [6.07, 6.45) is 1.48. The molecule has 0 bridgehead atoms. The Labute approximate surface area is 168 Å².